The number of quaternary nitrogens is 1. The molecule has 146 valence electrons. The van der Waals surface area contributed by atoms with Gasteiger partial charge in [0.2, 0.25) is 0 Å². The summed E-state index contributed by atoms with van der Waals surface area (Å²) < 4.78 is 32.2. The lowest BCUT2D eigenvalue weighted by Crippen LogP contribution is -2.80. The number of benzene rings is 1. The van der Waals surface area contributed by atoms with E-state index < -0.39 is 35.0 Å². The molecule has 27 heavy (non-hydrogen) atoms. The van der Waals surface area contributed by atoms with E-state index in [9.17, 15) is 15.0 Å². The van der Waals surface area contributed by atoms with Gasteiger partial charge in [0, 0.05) is 33.4 Å². The predicted molar refractivity (Wildman–Crippen MR) is 102 cm³/mol. The Labute approximate surface area is 173 Å². The van der Waals surface area contributed by atoms with Crippen molar-refractivity contribution in [2.45, 2.75) is 61.6 Å². The molecule has 0 amide bonds. The summed E-state index contributed by atoms with van der Waals surface area (Å²) in [7, 11) is 2.12. The second kappa shape index (κ2) is 5.28. The number of likely N-dealkylation sites (N-methyl/N-ethyl adjacent to an activating group) is 1. The van der Waals surface area contributed by atoms with Gasteiger partial charge in [-0.15, -0.1) is 17.0 Å². The van der Waals surface area contributed by atoms with Gasteiger partial charge in [-0.2, -0.15) is 0 Å². The first kappa shape index (κ1) is 14.8. The van der Waals surface area contributed by atoms with Crippen LogP contribution in [0.15, 0.2) is 12.1 Å². The number of piperidine rings is 1. The Hall–Kier alpha value is -1.11. The standard InChI is InChI=1S/C21H25NO4.BrH/c1-22(11-12-2-3-12)9-8-20-17-13-4-5-14(23)18(17)26-19(20)15(24)6-7-21(20,25)16(22)10-13;/h4-5,12,16,19,25H,2-3,6-11H2,1H3;1H/t16?,19-,20?,21-,22?;/m0./s1/i6D2,19D;. The number of nitrogens with zero attached hydrogens (tertiary/aromatic N) is 1. The van der Waals surface area contributed by atoms with E-state index in [4.69, 9.17) is 8.85 Å². The Morgan fingerprint density at radius 3 is 2.96 bits per heavy atom. The number of ketones is 1. The molecule has 1 aromatic carbocycles. The van der Waals surface area contributed by atoms with Crippen LogP contribution in [-0.2, 0) is 16.6 Å². The SMILES string of the molecule is Br.[2H]C1([2H])C[C@]2(O)C3Cc4ccc([O-])c5c4C2(CC[N+]3(C)CC2CC2)[C@@]([2H])(O5)C1=O. The van der Waals surface area contributed by atoms with Gasteiger partial charge in [-0.1, -0.05) is 17.9 Å². The lowest BCUT2D eigenvalue weighted by atomic mass is 9.48. The highest BCUT2D eigenvalue weighted by Crippen LogP contribution is 2.65. The molecule has 5 nitrogen and oxygen atoms in total. The lowest BCUT2D eigenvalue weighted by Gasteiger charge is -2.64. The first-order valence-electron chi connectivity index (χ1n) is 11.1. The van der Waals surface area contributed by atoms with E-state index >= 15 is 0 Å². The van der Waals surface area contributed by atoms with E-state index in [1.54, 1.807) is 6.07 Å². The summed E-state index contributed by atoms with van der Waals surface area (Å²) in [4.78, 5) is 13.2. The van der Waals surface area contributed by atoms with Crippen molar-refractivity contribution in [2.24, 2.45) is 5.92 Å². The summed E-state index contributed by atoms with van der Waals surface area (Å²) in [6.07, 6.45) is -1.88. The number of hydrogen-bond donors (Lipinski definition) is 1. The normalized spacial score (nSPS) is 49.8. The van der Waals surface area contributed by atoms with Crippen molar-refractivity contribution in [2.75, 3.05) is 20.1 Å². The Morgan fingerprint density at radius 2 is 2.22 bits per heavy atom. The third-order valence-electron chi connectivity index (χ3n) is 7.78. The second-order valence-electron chi connectivity index (χ2n) is 9.17. The van der Waals surface area contributed by atoms with E-state index in [2.05, 4.69) is 7.05 Å². The van der Waals surface area contributed by atoms with Crippen molar-refractivity contribution in [3.05, 3.63) is 23.3 Å². The topological polar surface area (TPSA) is 69.6 Å². The molecule has 0 radical (unpaired) electrons. The zero-order chi connectivity index (χ0) is 20.6. The van der Waals surface area contributed by atoms with E-state index in [-0.39, 0.29) is 35.2 Å². The highest BCUT2D eigenvalue weighted by Gasteiger charge is 2.76. The molecule has 3 fully saturated rings. The number of carbonyl (C=O) groups excluding carboxylic acids is 1. The van der Waals surface area contributed by atoms with Gasteiger partial charge in [0.25, 0.3) is 0 Å². The largest absolute Gasteiger partial charge is 0.870 e. The molecule has 1 spiro atoms. The van der Waals surface area contributed by atoms with Gasteiger partial charge >= 0.3 is 0 Å². The molecule has 2 heterocycles. The molecular formula is C21H26BrNO4. The maximum absolute atomic E-state index is 13.2. The summed E-state index contributed by atoms with van der Waals surface area (Å²) in [5.41, 5.74) is -1.66. The van der Waals surface area contributed by atoms with Crippen LogP contribution in [-0.4, -0.2) is 53.2 Å². The number of Topliss-reactive ketones (excluding diaryl/α,β-unsaturated/α-hetero) is 1. The molecular weight excluding hydrogens is 410 g/mol. The minimum absolute atomic E-state index is 0. The fourth-order valence-electron chi connectivity index (χ4n) is 6.40. The minimum atomic E-state index is -2.39. The fourth-order valence-corrected chi connectivity index (χ4v) is 6.40. The summed E-state index contributed by atoms with van der Waals surface area (Å²) in [5.74, 6) is -0.802. The number of carbonyl (C=O) groups is 1. The van der Waals surface area contributed by atoms with Gasteiger partial charge in [0.05, 0.1) is 26.9 Å². The molecule has 6 heteroatoms. The minimum Gasteiger partial charge on any atom is -0.870 e. The van der Waals surface area contributed by atoms with Crippen molar-refractivity contribution in [3.8, 4) is 11.5 Å². The molecule has 2 bridgehead atoms. The van der Waals surface area contributed by atoms with Gasteiger partial charge in [-0.05, 0) is 24.8 Å². The van der Waals surface area contributed by atoms with E-state index in [0.717, 1.165) is 12.1 Å². The molecule has 1 aromatic rings. The molecule has 3 aliphatic carbocycles. The van der Waals surface area contributed by atoms with Gasteiger partial charge in [-0.3, -0.25) is 4.79 Å². The number of likely N-dealkylation sites (tertiary alicyclic amines) is 1. The summed E-state index contributed by atoms with van der Waals surface area (Å²) in [5, 5.41) is 24.9. The maximum atomic E-state index is 13.2. The quantitative estimate of drug-likeness (QED) is 0.712. The van der Waals surface area contributed by atoms with Crippen molar-refractivity contribution in [1.82, 2.24) is 0 Å². The van der Waals surface area contributed by atoms with Gasteiger partial charge in [0.15, 0.2) is 11.9 Å². The van der Waals surface area contributed by atoms with Crippen LogP contribution in [0.5, 0.6) is 11.5 Å². The Kier molecular flexibility index (Phi) is 2.90. The lowest BCUT2D eigenvalue weighted by molar-refractivity contribution is -0.950. The highest BCUT2D eigenvalue weighted by molar-refractivity contribution is 8.93. The van der Waals surface area contributed by atoms with E-state index in [1.165, 1.54) is 18.9 Å². The van der Waals surface area contributed by atoms with Gasteiger partial charge in [0.1, 0.15) is 17.4 Å². The molecule has 5 aliphatic rings. The number of rotatable bonds is 2. The van der Waals surface area contributed by atoms with E-state index in [0.29, 0.717) is 35.4 Å². The summed E-state index contributed by atoms with van der Waals surface area (Å²) in [6, 6.07) is 2.82. The second-order valence-corrected chi connectivity index (χ2v) is 9.17. The van der Waals surface area contributed by atoms with Crippen LogP contribution in [0.25, 0.3) is 0 Å². The molecule has 1 saturated heterocycles. The molecule has 3 unspecified atom stereocenters. The van der Waals surface area contributed by atoms with Crippen molar-refractivity contribution < 1.29 is 28.3 Å². The Bertz CT molecular complexity index is 987. The molecule has 6 rings (SSSR count). The van der Waals surface area contributed by atoms with Gasteiger partial charge in [-0.25, -0.2) is 0 Å². The van der Waals surface area contributed by atoms with Crippen molar-refractivity contribution in [1.29, 1.82) is 0 Å². The third-order valence-corrected chi connectivity index (χ3v) is 7.78. The number of aliphatic hydroxyl groups is 1. The number of halogens is 1. The first-order chi connectivity index (χ1) is 13.5. The first-order valence-corrected chi connectivity index (χ1v) is 9.62. The van der Waals surface area contributed by atoms with Crippen LogP contribution >= 0.6 is 17.0 Å². The fraction of sp³-hybridized carbons (Fsp3) is 0.667. The smallest absolute Gasteiger partial charge is 0.174 e. The molecule has 0 aromatic heterocycles. The number of ether oxygens (including phenoxy) is 1. The van der Waals surface area contributed by atoms with Crippen LogP contribution in [0.2, 0.25) is 0 Å². The monoisotopic (exact) mass is 438 g/mol. The van der Waals surface area contributed by atoms with Crippen molar-refractivity contribution >= 4 is 22.8 Å². The van der Waals surface area contributed by atoms with Crippen LogP contribution in [0.1, 0.15) is 47.3 Å². The maximum Gasteiger partial charge on any atom is 0.174 e. The van der Waals surface area contributed by atoms with Crippen LogP contribution in [0.3, 0.4) is 0 Å². The average Bonchev–Trinajstić information content (AvgIpc) is 3.37. The molecule has 1 N–H and O–H groups in total. The van der Waals surface area contributed by atoms with Crippen molar-refractivity contribution in [3.63, 3.8) is 0 Å². The van der Waals surface area contributed by atoms with Crippen LogP contribution < -0.4 is 9.84 Å². The van der Waals surface area contributed by atoms with Crippen LogP contribution in [0, 0.1) is 5.92 Å². The number of hydrogen-bond acceptors (Lipinski definition) is 4. The summed E-state index contributed by atoms with van der Waals surface area (Å²) in [6.45, 7) is 1.58. The Morgan fingerprint density at radius 1 is 1.44 bits per heavy atom. The molecule has 5 atom stereocenters. The molecule has 2 aliphatic heterocycles. The summed E-state index contributed by atoms with van der Waals surface area (Å²) >= 11 is 0. The van der Waals surface area contributed by atoms with Crippen LogP contribution in [0.4, 0.5) is 0 Å². The zero-order valence-corrected chi connectivity index (χ0v) is 17.0. The average molecular weight is 439 g/mol. The predicted octanol–water partition coefficient (Wildman–Crippen LogP) is 1.62. The highest BCUT2D eigenvalue weighted by atomic mass is 79.9. The Balaban J connectivity index is 0.00000193. The molecule has 2 saturated carbocycles. The zero-order valence-electron chi connectivity index (χ0n) is 18.3. The van der Waals surface area contributed by atoms with Gasteiger partial charge < -0.3 is 19.4 Å². The van der Waals surface area contributed by atoms with E-state index in [1.807, 2.05) is 0 Å². The third kappa shape index (κ3) is 1.94.